The molecule has 0 bridgehead atoms. The van der Waals surface area contributed by atoms with Crippen molar-refractivity contribution in [2.45, 2.75) is 26.4 Å². The highest BCUT2D eigenvalue weighted by Gasteiger charge is 2.39. The maximum Gasteiger partial charge on any atom is 0.435 e. The van der Waals surface area contributed by atoms with Crippen molar-refractivity contribution >= 4 is 0 Å². The smallest absolute Gasteiger partial charge is 0.205 e. The quantitative estimate of drug-likeness (QED) is 0.438. The number of allylic oxidation sites excluding steroid dienone is 3. The van der Waals surface area contributed by atoms with Gasteiger partial charge < -0.3 is 0 Å². The van der Waals surface area contributed by atoms with Crippen LogP contribution >= 0.6 is 0 Å². The van der Waals surface area contributed by atoms with Crippen molar-refractivity contribution in [2.75, 3.05) is 7.11 Å². The van der Waals surface area contributed by atoms with E-state index in [1.54, 1.807) is 6.20 Å². The van der Waals surface area contributed by atoms with E-state index in [1.165, 1.54) is 18.7 Å². The minimum atomic E-state index is -4.29. The molecule has 0 aliphatic rings. The number of nitrogens with two attached hydrogens (primary N) is 1. The molecule has 2 unspecified atom stereocenters. The lowest BCUT2D eigenvalue weighted by atomic mass is 9.97. The topological polar surface area (TPSA) is 25.8 Å². The predicted molar refractivity (Wildman–Crippen MR) is 60.5 cm³/mol. The van der Waals surface area contributed by atoms with E-state index in [9.17, 15) is 13.2 Å². The number of halogens is 3. The van der Waals surface area contributed by atoms with Gasteiger partial charge in [0.05, 0.1) is 14.0 Å². The summed E-state index contributed by atoms with van der Waals surface area (Å²) in [7, 11) is 1.49. The molecule has 98 valence electrons. The summed E-state index contributed by atoms with van der Waals surface area (Å²) in [5.74, 6) is -1.50. The molecule has 0 aromatic carbocycles. The third-order valence-electron chi connectivity index (χ3n) is 2.52. The second kappa shape index (κ2) is 7.40. The zero-order valence-corrected chi connectivity index (χ0v) is 10.4. The SMILES string of the molecule is [CH2+]C(/C=C\C(=C/[NH2+]OC)C(C)CC)C(F)(F)F. The Morgan fingerprint density at radius 3 is 2.47 bits per heavy atom. The zero-order valence-electron chi connectivity index (χ0n) is 10.4. The van der Waals surface area contributed by atoms with E-state index < -0.39 is 12.1 Å². The largest absolute Gasteiger partial charge is 0.435 e. The van der Waals surface area contributed by atoms with Crippen molar-refractivity contribution in [2.24, 2.45) is 11.8 Å². The van der Waals surface area contributed by atoms with Crippen molar-refractivity contribution in [3.05, 3.63) is 30.8 Å². The van der Waals surface area contributed by atoms with Crippen LogP contribution in [0.2, 0.25) is 0 Å². The molecule has 0 saturated carbocycles. The maximum absolute atomic E-state index is 12.3. The third kappa shape index (κ3) is 6.38. The summed E-state index contributed by atoms with van der Waals surface area (Å²) in [4.78, 5) is 4.77. The number of rotatable bonds is 6. The van der Waals surface area contributed by atoms with Crippen LogP contribution in [0.15, 0.2) is 23.9 Å². The van der Waals surface area contributed by atoms with Gasteiger partial charge in [0.15, 0.2) is 0 Å². The Balaban J connectivity index is 4.70. The standard InChI is InChI=1S/C12H19F3NO/c1-5-9(2)11(8-16-17-4)7-6-10(3)12(13,14)15/h6-10,16H,3,5H2,1-2,4H3/q+1/p+1/b7-6-,11-8+. The van der Waals surface area contributed by atoms with Crippen LogP contribution < -0.4 is 5.48 Å². The number of hydroxylamine groups is 1. The Morgan fingerprint density at radius 2 is 2.06 bits per heavy atom. The van der Waals surface area contributed by atoms with Gasteiger partial charge in [-0.25, -0.2) is 4.84 Å². The molecule has 0 aliphatic heterocycles. The summed E-state index contributed by atoms with van der Waals surface area (Å²) in [6, 6.07) is 0. The predicted octanol–water partition coefficient (Wildman–Crippen LogP) is 2.61. The molecule has 2 nitrogen and oxygen atoms in total. The average Bonchev–Trinajstić information content (AvgIpc) is 2.26. The fourth-order valence-corrected chi connectivity index (χ4v) is 1.10. The second-order valence-corrected chi connectivity index (χ2v) is 3.85. The van der Waals surface area contributed by atoms with Crippen LogP contribution in [-0.2, 0) is 4.84 Å². The van der Waals surface area contributed by atoms with E-state index in [-0.39, 0.29) is 5.92 Å². The molecule has 0 aromatic heterocycles. The average molecular weight is 251 g/mol. The molecule has 0 amide bonds. The van der Waals surface area contributed by atoms with E-state index >= 15 is 0 Å². The Kier molecular flexibility index (Phi) is 6.99. The summed E-state index contributed by atoms with van der Waals surface area (Å²) < 4.78 is 36.8. The Morgan fingerprint density at radius 1 is 1.47 bits per heavy atom. The lowest BCUT2D eigenvalue weighted by molar-refractivity contribution is -0.843. The molecule has 0 rings (SSSR count). The molecule has 17 heavy (non-hydrogen) atoms. The van der Waals surface area contributed by atoms with Crippen LogP contribution in [0.4, 0.5) is 13.2 Å². The van der Waals surface area contributed by atoms with Gasteiger partial charge in [-0.3, -0.25) is 0 Å². The Labute approximate surface area is 100 Å². The zero-order chi connectivity index (χ0) is 13.5. The lowest BCUT2D eigenvalue weighted by Crippen LogP contribution is -2.76. The number of alkyl halides is 3. The fraction of sp³-hybridized carbons (Fsp3) is 0.583. The van der Waals surface area contributed by atoms with Crippen LogP contribution in [0.5, 0.6) is 0 Å². The first-order chi connectivity index (χ1) is 7.82. The first kappa shape index (κ1) is 16.1. The first-order valence-electron chi connectivity index (χ1n) is 5.47. The molecule has 0 radical (unpaired) electrons. The molecule has 0 fully saturated rings. The Hall–Kier alpha value is -0.940. The number of hydrogen-bond donors (Lipinski definition) is 1. The van der Waals surface area contributed by atoms with Gasteiger partial charge in [-0.15, -0.1) is 0 Å². The van der Waals surface area contributed by atoms with Crippen LogP contribution in [0, 0.1) is 18.8 Å². The monoisotopic (exact) mass is 251 g/mol. The van der Waals surface area contributed by atoms with Gasteiger partial charge >= 0.3 is 6.18 Å². The third-order valence-corrected chi connectivity index (χ3v) is 2.52. The molecule has 0 saturated heterocycles. The molecule has 5 heteroatoms. The number of hydrogen-bond acceptors (Lipinski definition) is 1. The molecular weight excluding hydrogens is 231 g/mol. The maximum atomic E-state index is 12.3. The van der Waals surface area contributed by atoms with E-state index in [4.69, 9.17) is 4.84 Å². The first-order valence-corrected chi connectivity index (χ1v) is 5.47. The van der Waals surface area contributed by atoms with E-state index in [2.05, 4.69) is 6.92 Å². The summed E-state index contributed by atoms with van der Waals surface area (Å²) >= 11 is 0. The van der Waals surface area contributed by atoms with E-state index in [0.29, 0.717) is 0 Å². The lowest BCUT2D eigenvalue weighted by Gasteiger charge is -2.09. The van der Waals surface area contributed by atoms with Crippen molar-refractivity contribution < 1.29 is 23.5 Å². The molecule has 2 atom stereocenters. The van der Waals surface area contributed by atoms with Gasteiger partial charge in [0.2, 0.25) is 5.92 Å². The normalized spacial score (nSPS) is 17.4. The van der Waals surface area contributed by atoms with Gasteiger partial charge in [-0.05, 0) is 18.4 Å². The van der Waals surface area contributed by atoms with Gasteiger partial charge in [0, 0.05) is 5.57 Å². The molecule has 0 spiro atoms. The van der Waals surface area contributed by atoms with Crippen molar-refractivity contribution in [3.8, 4) is 0 Å². The van der Waals surface area contributed by atoms with Gasteiger partial charge in [0.1, 0.15) is 6.20 Å². The highest BCUT2D eigenvalue weighted by molar-refractivity contribution is 5.20. The van der Waals surface area contributed by atoms with Gasteiger partial charge in [0.25, 0.3) is 0 Å². The molecular formula is C12H20F3NO+2. The van der Waals surface area contributed by atoms with Crippen LogP contribution in [0.3, 0.4) is 0 Å². The van der Waals surface area contributed by atoms with Crippen molar-refractivity contribution in [1.82, 2.24) is 0 Å². The second-order valence-electron chi connectivity index (χ2n) is 3.85. The van der Waals surface area contributed by atoms with E-state index in [1.807, 2.05) is 13.8 Å². The van der Waals surface area contributed by atoms with Crippen molar-refractivity contribution in [3.63, 3.8) is 0 Å². The van der Waals surface area contributed by atoms with Crippen LogP contribution in [0.25, 0.3) is 0 Å². The van der Waals surface area contributed by atoms with Gasteiger partial charge in [-0.2, -0.15) is 18.7 Å². The minimum absolute atomic E-state index is 0.179. The van der Waals surface area contributed by atoms with E-state index in [0.717, 1.165) is 18.1 Å². The minimum Gasteiger partial charge on any atom is -0.205 e. The summed E-state index contributed by atoms with van der Waals surface area (Å²) in [6.07, 6.45) is 0.772. The van der Waals surface area contributed by atoms with Crippen molar-refractivity contribution in [1.29, 1.82) is 0 Å². The molecule has 0 aliphatic carbocycles. The molecule has 0 aromatic rings. The highest BCUT2D eigenvalue weighted by atomic mass is 19.4. The fourth-order valence-electron chi connectivity index (χ4n) is 1.10. The van der Waals surface area contributed by atoms with Gasteiger partial charge in [-0.1, -0.05) is 19.9 Å². The summed E-state index contributed by atoms with van der Waals surface area (Å²) in [6.45, 7) is 6.99. The van der Waals surface area contributed by atoms with Crippen LogP contribution in [-0.4, -0.2) is 13.3 Å². The Bertz CT molecular complexity index is 271. The molecule has 2 N–H and O–H groups in total. The highest BCUT2D eigenvalue weighted by Crippen LogP contribution is 2.27. The summed E-state index contributed by atoms with van der Waals surface area (Å²) in [5.41, 5.74) is 2.25. The molecule has 0 heterocycles. The number of quaternary nitrogens is 1. The summed E-state index contributed by atoms with van der Waals surface area (Å²) in [5, 5.41) is 0. The van der Waals surface area contributed by atoms with Crippen LogP contribution in [0.1, 0.15) is 20.3 Å².